The van der Waals surface area contributed by atoms with Crippen molar-refractivity contribution in [2.45, 2.75) is 219 Å². The van der Waals surface area contributed by atoms with Crippen LogP contribution in [0.15, 0.2) is 109 Å². The van der Waals surface area contributed by atoms with Crippen molar-refractivity contribution < 1.29 is 28.6 Å². The topological polar surface area (TPSA) is 78.9 Å². The molecule has 0 heterocycles. The first-order valence-electron chi connectivity index (χ1n) is 25.4. The summed E-state index contributed by atoms with van der Waals surface area (Å²) in [5.74, 6) is -1.15. The van der Waals surface area contributed by atoms with Crippen LogP contribution in [0.5, 0.6) is 0 Å². The number of allylic oxidation sites excluding steroid dienone is 17. The molecule has 0 saturated heterocycles. The third-order valence-corrected chi connectivity index (χ3v) is 10.3. The average molecular weight is 873 g/mol. The van der Waals surface area contributed by atoms with E-state index in [4.69, 9.17) is 14.2 Å². The first kappa shape index (κ1) is 59.1. The van der Waals surface area contributed by atoms with E-state index in [0.29, 0.717) is 12.8 Å². The van der Waals surface area contributed by atoms with Gasteiger partial charge in [0, 0.05) is 12.8 Å². The quantitative estimate of drug-likeness (QED) is 0.0263. The van der Waals surface area contributed by atoms with Crippen molar-refractivity contribution in [1.29, 1.82) is 0 Å². The molecule has 0 aliphatic heterocycles. The van der Waals surface area contributed by atoms with E-state index in [1.807, 2.05) is 18.2 Å². The molecule has 0 aliphatic carbocycles. The van der Waals surface area contributed by atoms with Crippen molar-refractivity contribution in [3.63, 3.8) is 0 Å². The number of carbonyl (C=O) groups is 3. The van der Waals surface area contributed by atoms with Crippen LogP contribution in [0.2, 0.25) is 0 Å². The highest BCUT2D eigenvalue weighted by atomic mass is 16.6. The average Bonchev–Trinajstić information content (AvgIpc) is 3.28. The predicted molar refractivity (Wildman–Crippen MR) is 270 cm³/mol. The SMILES string of the molecule is CC/C=C\C/C=C\C/C=C\C/C=C\C/C=C\C/C=C\CCC(=O)OCC(COC(=O)C/C=C\C/C=C\C/C=C\CC)OC(=O)CCCCCCCCCCCCCCCCCCC. The summed E-state index contributed by atoms with van der Waals surface area (Å²) in [7, 11) is 0. The molecule has 63 heavy (non-hydrogen) atoms. The van der Waals surface area contributed by atoms with Gasteiger partial charge in [0.25, 0.3) is 0 Å². The highest BCUT2D eigenvalue weighted by molar-refractivity contribution is 5.72. The number of carbonyl (C=O) groups excluding carboxylic acids is 3. The standard InChI is InChI=1S/C57H92O6/c1-4-7-10-13-16-19-21-23-25-27-28-30-31-33-35-38-41-44-47-50-56(59)62-53-54(52-61-55(58)49-46-43-40-37-18-15-12-9-6-3)63-57(60)51-48-45-42-39-36-34-32-29-26-24-22-20-17-14-11-8-5-2/h7,9-10,12,16,18-19,23,25,28,30,33,35,37,41,43-44,46,54H,4-6,8,11,13-15,17,20-22,24,26-27,29,31-32,34,36,38-40,42,45,47-53H2,1-3H3/b10-7-,12-9-,19-16-,25-23-,30-28-,35-33-,37-18-,44-41-,46-43-. The summed E-state index contributed by atoms with van der Waals surface area (Å²) < 4.78 is 16.6. The lowest BCUT2D eigenvalue weighted by Gasteiger charge is -2.18. The Morgan fingerprint density at radius 3 is 1.08 bits per heavy atom. The minimum absolute atomic E-state index is 0.120. The van der Waals surface area contributed by atoms with Crippen LogP contribution in [-0.2, 0) is 28.6 Å². The molecule has 0 rings (SSSR count). The largest absolute Gasteiger partial charge is 0.462 e. The zero-order valence-corrected chi connectivity index (χ0v) is 40.5. The van der Waals surface area contributed by atoms with Gasteiger partial charge in [-0.2, -0.15) is 0 Å². The predicted octanol–water partition coefficient (Wildman–Crippen LogP) is 16.8. The molecule has 356 valence electrons. The molecule has 1 atom stereocenters. The number of esters is 3. The lowest BCUT2D eigenvalue weighted by Crippen LogP contribution is -2.30. The van der Waals surface area contributed by atoms with Crippen molar-refractivity contribution in [2.75, 3.05) is 13.2 Å². The first-order valence-corrected chi connectivity index (χ1v) is 25.4. The van der Waals surface area contributed by atoms with Crippen LogP contribution in [0.3, 0.4) is 0 Å². The Morgan fingerprint density at radius 2 is 0.683 bits per heavy atom. The minimum atomic E-state index is -0.842. The van der Waals surface area contributed by atoms with E-state index in [-0.39, 0.29) is 38.0 Å². The van der Waals surface area contributed by atoms with Gasteiger partial charge in [-0.3, -0.25) is 14.4 Å². The van der Waals surface area contributed by atoms with Gasteiger partial charge in [0.2, 0.25) is 0 Å². The van der Waals surface area contributed by atoms with Gasteiger partial charge in [-0.05, 0) is 70.6 Å². The highest BCUT2D eigenvalue weighted by Crippen LogP contribution is 2.15. The molecule has 0 aromatic heterocycles. The number of ether oxygens (including phenoxy) is 3. The Balaban J connectivity index is 4.48. The number of hydrogen-bond donors (Lipinski definition) is 0. The maximum atomic E-state index is 12.8. The summed E-state index contributed by atoms with van der Waals surface area (Å²) in [6.07, 6.45) is 68.4. The molecule has 0 saturated carbocycles. The Kier molecular flexibility index (Phi) is 47.5. The second-order valence-electron chi connectivity index (χ2n) is 16.3. The molecule has 0 aromatic rings. The summed E-state index contributed by atoms with van der Waals surface area (Å²) in [5.41, 5.74) is 0. The minimum Gasteiger partial charge on any atom is -0.462 e. The van der Waals surface area contributed by atoms with Crippen LogP contribution in [0.1, 0.15) is 213 Å². The summed E-state index contributed by atoms with van der Waals surface area (Å²) in [6.45, 7) is 6.24. The molecule has 0 N–H and O–H groups in total. The number of unbranched alkanes of at least 4 members (excludes halogenated alkanes) is 16. The van der Waals surface area contributed by atoms with Crippen molar-refractivity contribution >= 4 is 17.9 Å². The van der Waals surface area contributed by atoms with Crippen LogP contribution in [0.25, 0.3) is 0 Å². The molecule has 6 heteroatoms. The van der Waals surface area contributed by atoms with E-state index in [9.17, 15) is 14.4 Å². The Morgan fingerprint density at radius 1 is 0.349 bits per heavy atom. The maximum absolute atomic E-state index is 12.8. The lowest BCUT2D eigenvalue weighted by atomic mass is 10.0. The van der Waals surface area contributed by atoms with E-state index < -0.39 is 12.1 Å². The fourth-order valence-electron chi connectivity index (χ4n) is 6.59. The van der Waals surface area contributed by atoms with E-state index in [1.54, 1.807) is 6.08 Å². The zero-order valence-electron chi connectivity index (χ0n) is 40.5. The second-order valence-corrected chi connectivity index (χ2v) is 16.3. The van der Waals surface area contributed by atoms with Crippen molar-refractivity contribution in [3.8, 4) is 0 Å². The van der Waals surface area contributed by atoms with Gasteiger partial charge in [0.15, 0.2) is 6.10 Å². The van der Waals surface area contributed by atoms with E-state index in [0.717, 1.165) is 77.0 Å². The molecule has 0 aromatic carbocycles. The van der Waals surface area contributed by atoms with Gasteiger partial charge in [-0.15, -0.1) is 0 Å². The van der Waals surface area contributed by atoms with Gasteiger partial charge in [-0.1, -0.05) is 233 Å². The third kappa shape index (κ3) is 49.0. The maximum Gasteiger partial charge on any atom is 0.309 e. The third-order valence-electron chi connectivity index (χ3n) is 10.3. The summed E-state index contributed by atoms with van der Waals surface area (Å²) in [6, 6.07) is 0. The molecule has 0 aliphatic rings. The van der Waals surface area contributed by atoms with E-state index in [2.05, 4.69) is 106 Å². The molecule has 0 fully saturated rings. The number of hydrogen-bond acceptors (Lipinski definition) is 6. The summed E-state index contributed by atoms with van der Waals surface area (Å²) in [4.78, 5) is 37.8. The van der Waals surface area contributed by atoms with Gasteiger partial charge in [-0.25, -0.2) is 0 Å². The molecular formula is C57H92O6. The van der Waals surface area contributed by atoms with Gasteiger partial charge < -0.3 is 14.2 Å². The first-order chi connectivity index (χ1) is 31.0. The monoisotopic (exact) mass is 873 g/mol. The second kappa shape index (κ2) is 50.7. The van der Waals surface area contributed by atoms with Crippen LogP contribution in [0, 0.1) is 0 Å². The van der Waals surface area contributed by atoms with Crippen molar-refractivity contribution in [3.05, 3.63) is 109 Å². The molecular weight excluding hydrogens is 781 g/mol. The van der Waals surface area contributed by atoms with Crippen LogP contribution < -0.4 is 0 Å². The van der Waals surface area contributed by atoms with Crippen LogP contribution in [-0.4, -0.2) is 37.2 Å². The smallest absolute Gasteiger partial charge is 0.309 e. The van der Waals surface area contributed by atoms with Crippen molar-refractivity contribution in [1.82, 2.24) is 0 Å². The van der Waals surface area contributed by atoms with Crippen LogP contribution >= 0.6 is 0 Å². The Labute approximate surface area is 387 Å². The molecule has 0 amide bonds. The Hall–Kier alpha value is -3.93. The fraction of sp³-hybridized carbons (Fsp3) is 0.632. The van der Waals surface area contributed by atoms with Gasteiger partial charge in [0.05, 0.1) is 6.42 Å². The Bertz CT molecular complexity index is 1330. The molecule has 1 unspecified atom stereocenters. The van der Waals surface area contributed by atoms with Crippen LogP contribution in [0.4, 0.5) is 0 Å². The summed E-state index contributed by atoms with van der Waals surface area (Å²) in [5, 5.41) is 0. The number of rotatable bonds is 44. The fourth-order valence-corrected chi connectivity index (χ4v) is 6.59. The van der Waals surface area contributed by atoms with Gasteiger partial charge in [0.1, 0.15) is 13.2 Å². The van der Waals surface area contributed by atoms with Gasteiger partial charge >= 0.3 is 17.9 Å². The van der Waals surface area contributed by atoms with E-state index >= 15 is 0 Å². The zero-order chi connectivity index (χ0) is 45.8. The summed E-state index contributed by atoms with van der Waals surface area (Å²) >= 11 is 0. The lowest BCUT2D eigenvalue weighted by molar-refractivity contribution is -0.166. The normalized spacial score (nSPS) is 13.0. The van der Waals surface area contributed by atoms with Crippen molar-refractivity contribution in [2.24, 2.45) is 0 Å². The molecule has 0 spiro atoms. The molecule has 0 radical (unpaired) electrons. The highest BCUT2D eigenvalue weighted by Gasteiger charge is 2.19. The molecule has 6 nitrogen and oxygen atoms in total. The molecule has 0 bridgehead atoms. The van der Waals surface area contributed by atoms with E-state index in [1.165, 1.54) is 89.9 Å².